The zero-order valence-corrected chi connectivity index (χ0v) is 16.3. The first-order chi connectivity index (χ1) is 13.4. The van der Waals surface area contributed by atoms with Crippen molar-refractivity contribution in [2.45, 2.75) is 45.7 Å². The van der Waals surface area contributed by atoms with Crippen molar-refractivity contribution in [2.24, 2.45) is 17.6 Å². The van der Waals surface area contributed by atoms with E-state index in [4.69, 9.17) is 5.73 Å². The van der Waals surface area contributed by atoms with Gasteiger partial charge >= 0.3 is 0 Å². The maximum Gasteiger partial charge on any atom is 0.248 e. The van der Waals surface area contributed by atoms with Crippen molar-refractivity contribution >= 4 is 23.5 Å². The van der Waals surface area contributed by atoms with Crippen LogP contribution in [0.5, 0.6) is 0 Å². The van der Waals surface area contributed by atoms with Crippen molar-refractivity contribution in [3.8, 4) is 0 Å². The second-order valence-corrected chi connectivity index (χ2v) is 7.86. The van der Waals surface area contributed by atoms with E-state index in [2.05, 4.69) is 22.2 Å². The van der Waals surface area contributed by atoms with Crippen LogP contribution in [-0.4, -0.2) is 27.8 Å². The molecule has 1 fully saturated rings. The number of nitrogens with zero attached hydrogens (tertiary/aromatic N) is 3. The Labute approximate surface area is 164 Å². The number of carbonyl (C=O) groups excluding carboxylic acids is 2. The zero-order chi connectivity index (χ0) is 20.0. The molecule has 7 heteroatoms. The van der Waals surface area contributed by atoms with Gasteiger partial charge in [0.1, 0.15) is 0 Å². The lowest BCUT2D eigenvalue weighted by molar-refractivity contribution is -0.117. The van der Waals surface area contributed by atoms with E-state index >= 15 is 0 Å². The Morgan fingerprint density at radius 2 is 2.00 bits per heavy atom. The molecule has 1 aromatic heterocycles. The number of nitrogens with two attached hydrogens (primary N) is 1. The number of nitrogens with one attached hydrogen (secondary N) is 1. The number of rotatable bonds is 4. The number of carbonyl (C=O) groups is 2. The molecule has 2 aromatic rings. The third-order valence-corrected chi connectivity index (χ3v) is 5.79. The zero-order valence-electron chi connectivity index (χ0n) is 16.3. The summed E-state index contributed by atoms with van der Waals surface area (Å²) in [5.41, 5.74) is 8.52. The molecule has 0 bridgehead atoms. The fourth-order valence-corrected chi connectivity index (χ4v) is 4.38. The summed E-state index contributed by atoms with van der Waals surface area (Å²) in [7, 11) is 0. The highest BCUT2D eigenvalue weighted by atomic mass is 16.2. The summed E-state index contributed by atoms with van der Waals surface area (Å²) in [6.07, 6.45) is 3.97. The molecule has 4 rings (SSSR count). The highest BCUT2D eigenvalue weighted by Crippen LogP contribution is 2.50. The third-order valence-electron chi connectivity index (χ3n) is 5.79. The van der Waals surface area contributed by atoms with Crippen LogP contribution >= 0.6 is 0 Å². The van der Waals surface area contributed by atoms with Crippen molar-refractivity contribution in [1.29, 1.82) is 0 Å². The number of aryl methyl sites for hydroxylation is 1. The molecule has 3 N–H and O–H groups in total. The van der Waals surface area contributed by atoms with Gasteiger partial charge in [0, 0.05) is 42.0 Å². The van der Waals surface area contributed by atoms with Crippen LogP contribution in [0.4, 0.5) is 11.6 Å². The SMILES string of the molecule is CC(=O)N1c2ccc(C(N)=O)cc2[C@@H](Nc2nccc(C)n2)[C@H](C)C1C1CC1. The fraction of sp³-hybridized carbons (Fsp3) is 0.429. The van der Waals surface area contributed by atoms with Crippen molar-refractivity contribution in [3.05, 3.63) is 47.3 Å². The van der Waals surface area contributed by atoms with E-state index in [-0.39, 0.29) is 23.9 Å². The highest BCUT2D eigenvalue weighted by molar-refractivity contribution is 5.97. The Morgan fingerprint density at radius 1 is 1.25 bits per heavy atom. The maximum atomic E-state index is 12.6. The molecular formula is C21H25N5O2. The molecule has 1 aliphatic heterocycles. The number of anilines is 2. The fourth-order valence-electron chi connectivity index (χ4n) is 4.38. The van der Waals surface area contributed by atoms with E-state index in [1.807, 2.05) is 24.0 Å². The predicted molar refractivity (Wildman–Crippen MR) is 107 cm³/mol. The van der Waals surface area contributed by atoms with E-state index < -0.39 is 5.91 Å². The number of aromatic nitrogens is 2. The second kappa shape index (κ2) is 6.89. The van der Waals surface area contributed by atoms with Gasteiger partial charge in [-0.1, -0.05) is 6.92 Å². The average molecular weight is 379 g/mol. The molecule has 2 amide bonds. The van der Waals surface area contributed by atoms with Crippen molar-refractivity contribution in [3.63, 3.8) is 0 Å². The molecule has 0 saturated heterocycles. The van der Waals surface area contributed by atoms with Crippen LogP contribution < -0.4 is 16.0 Å². The summed E-state index contributed by atoms with van der Waals surface area (Å²) in [5, 5.41) is 3.45. The largest absolute Gasteiger partial charge is 0.366 e. The first-order valence-electron chi connectivity index (χ1n) is 9.66. The van der Waals surface area contributed by atoms with Crippen molar-refractivity contribution in [1.82, 2.24) is 9.97 Å². The molecule has 0 spiro atoms. The van der Waals surface area contributed by atoms with Crippen LogP contribution in [0.25, 0.3) is 0 Å². The lowest BCUT2D eigenvalue weighted by Gasteiger charge is -2.45. The average Bonchev–Trinajstić information content (AvgIpc) is 3.47. The Balaban J connectivity index is 1.83. The standard InChI is InChI=1S/C21H25N5O2/c1-11-8-9-23-21(24-11)25-18-12(2)19(14-4-5-14)26(13(3)27)17-7-6-15(20(22)28)10-16(17)18/h6-10,12,14,18-19H,4-5H2,1-3H3,(H2,22,28)(H,23,24,25)/t12-,18-,19?/m0/s1. The van der Waals surface area contributed by atoms with Gasteiger partial charge in [-0.25, -0.2) is 9.97 Å². The minimum Gasteiger partial charge on any atom is -0.366 e. The summed E-state index contributed by atoms with van der Waals surface area (Å²) in [5.74, 6) is 0.682. The van der Waals surface area contributed by atoms with Crippen LogP contribution in [0.3, 0.4) is 0 Å². The summed E-state index contributed by atoms with van der Waals surface area (Å²) in [4.78, 5) is 35.1. The molecule has 28 heavy (non-hydrogen) atoms. The maximum absolute atomic E-state index is 12.6. The van der Waals surface area contributed by atoms with Crippen molar-refractivity contribution in [2.75, 3.05) is 10.2 Å². The molecule has 3 atom stereocenters. The smallest absolute Gasteiger partial charge is 0.248 e. The first-order valence-corrected chi connectivity index (χ1v) is 9.66. The number of fused-ring (bicyclic) bond motifs is 1. The minimum atomic E-state index is -0.486. The van der Waals surface area contributed by atoms with Crippen LogP contribution in [0, 0.1) is 18.8 Å². The quantitative estimate of drug-likeness (QED) is 0.851. The van der Waals surface area contributed by atoms with Gasteiger partial charge in [0.05, 0.1) is 6.04 Å². The molecule has 1 unspecified atom stereocenters. The normalized spacial score (nSPS) is 23.8. The van der Waals surface area contributed by atoms with Crippen LogP contribution in [0.15, 0.2) is 30.5 Å². The van der Waals surface area contributed by atoms with Gasteiger partial charge in [0.2, 0.25) is 17.8 Å². The van der Waals surface area contributed by atoms with E-state index in [1.165, 1.54) is 0 Å². The van der Waals surface area contributed by atoms with E-state index in [0.29, 0.717) is 17.4 Å². The molecule has 1 aliphatic carbocycles. The Morgan fingerprint density at radius 3 is 2.61 bits per heavy atom. The number of benzene rings is 1. The lowest BCUT2D eigenvalue weighted by atomic mass is 9.79. The van der Waals surface area contributed by atoms with Gasteiger partial charge in [-0.05, 0) is 55.5 Å². The number of hydrogen-bond donors (Lipinski definition) is 2. The molecule has 0 radical (unpaired) electrons. The predicted octanol–water partition coefficient (Wildman–Crippen LogP) is 2.82. The number of hydrogen-bond acceptors (Lipinski definition) is 5. The third kappa shape index (κ3) is 3.21. The number of primary amides is 1. The van der Waals surface area contributed by atoms with Gasteiger partial charge in [-0.3, -0.25) is 9.59 Å². The Bertz CT molecular complexity index is 940. The monoisotopic (exact) mass is 379 g/mol. The van der Waals surface area contributed by atoms with Gasteiger partial charge in [0.15, 0.2) is 0 Å². The van der Waals surface area contributed by atoms with Crippen molar-refractivity contribution < 1.29 is 9.59 Å². The van der Waals surface area contributed by atoms with E-state index in [1.54, 1.807) is 25.3 Å². The van der Waals surface area contributed by atoms with Gasteiger partial charge in [-0.15, -0.1) is 0 Å². The first kappa shape index (κ1) is 18.4. The van der Waals surface area contributed by atoms with E-state index in [0.717, 1.165) is 29.8 Å². The Hall–Kier alpha value is -2.96. The molecule has 2 heterocycles. The molecule has 146 valence electrons. The lowest BCUT2D eigenvalue weighted by Crippen LogP contribution is -2.51. The molecule has 1 aromatic carbocycles. The van der Waals surface area contributed by atoms with Crippen LogP contribution in [0.2, 0.25) is 0 Å². The number of amides is 2. The van der Waals surface area contributed by atoms with Gasteiger partial charge < -0.3 is 16.0 Å². The van der Waals surface area contributed by atoms with Gasteiger partial charge in [-0.2, -0.15) is 0 Å². The van der Waals surface area contributed by atoms with Crippen LogP contribution in [0.1, 0.15) is 54.3 Å². The molecule has 1 saturated carbocycles. The second-order valence-electron chi connectivity index (χ2n) is 7.86. The molecule has 2 aliphatic rings. The molecule has 7 nitrogen and oxygen atoms in total. The van der Waals surface area contributed by atoms with E-state index in [9.17, 15) is 9.59 Å². The summed E-state index contributed by atoms with van der Waals surface area (Å²) in [6.45, 7) is 5.67. The Kier molecular flexibility index (Phi) is 4.53. The minimum absolute atomic E-state index is 0.0158. The van der Waals surface area contributed by atoms with Crippen LogP contribution in [-0.2, 0) is 4.79 Å². The highest BCUT2D eigenvalue weighted by Gasteiger charge is 2.47. The summed E-state index contributed by atoms with van der Waals surface area (Å²) in [6, 6.07) is 7.14. The summed E-state index contributed by atoms with van der Waals surface area (Å²) >= 11 is 0. The molecular weight excluding hydrogens is 354 g/mol. The van der Waals surface area contributed by atoms with Gasteiger partial charge in [0.25, 0.3) is 0 Å². The summed E-state index contributed by atoms with van der Waals surface area (Å²) < 4.78 is 0. The topological polar surface area (TPSA) is 101 Å².